The lowest BCUT2D eigenvalue weighted by Crippen LogP contribution is -1.92. The van der Waals surface area contributed by atoms with Gasteiger partial charge in [-0.3, -0.25) is 0 Å². The SMILES string of the molecule is C1=Cc2cc3ccc(cc4ccc(cc5nc(cc1n2)C(Oc1ccccc1)=C5)[nH]4)[nH]3. The number of hydrogen-bond acceptors (Lipinski definition) is 3. The second-order valence-electron chi connectivity index (χ2n) is 7.46. The maximum atomic E-state index is 6.14. The highest BCUT2D eigenvalue weighted by Crippen LogP contribution is 2.26. The fraction of sp³-hybridized carbons (Fsp3) is 0. The van der Waals surface area contributed by atoms with E-state index >= 15 is 0 Å². The van der Waals surface area contributed by atoms with Crippen LogP contribution in [0.1, 0.15) is 22.8 Å². The number of nitrogens with zero attached hydrogens (tertiary/aromatic N) is 2. The van der Waals surface area contributed by atoms with Crippen molar-refractivity contribution in [1.82, 2.24) is 19.9 Å². The lowest BCUT2D eigenvalue weighted by molar-refractivity contribution is 0.517. The van der Waals surface area contributed by atoms with E-state index < -0.39 is 0 Å². The van der Waals surface area contributed by atoms with Gasteiger partial charge in [0.15, 0.2) is 5.76 Å². The summed E-state index contributed by atoms with van der Waals surface area (Å²) in [5.41, 5.74) is 7.30. The summed E-state index contributed by atoms with van der Waals surface area (Å²) in [5, 5.41) is 0. The number of benzene rings is 1. The summed E-state index contributed by atoms with van der Waals surface area (Å²) in [4.78, 5) is 16.3. The van der Waals surface area contributed by atoms with E-state index in [1.165, 1.54) is 0 Å². The first kappa shape index (κ1) is 17.5. The molecule has 0 fully saturated rings. The lowest BCUT2D eigenvalue weighted by Gasteiger charge is -2.05. The number of hydrogen-bond donors (Lipinski definition) is 2. The van der Waals surface area contributed by atoms with Crippen molar-refractivity contribution in [3.8, 4) is 5.75 Å². The number of rotatable bonds is 2. The van der Waals surface area contributed by atoms with Gasteiger partial charge in [-0.2, -0.15) is 0 Å². The van der Waals surface area contributed by atoms with Gasteiger partial charge < -0.3 is 14.7 Å². The molecule has 3 aromatic heterocycles. The molecule has 5 heterocycles. The average molecular weight is 402 g/mol. The highest BCUT2D eigenvalue weighted by Gasteiger charge is 2.14. The van der Waals surface area contributed by atoms with Gasteiger partial charge in [0.2, 0.25) is 0 Å². The maximum Gasteiger partial charge on any atom is 0.155 e. The van der Waals surface area contributed by atoms with Crippen molar-refractivity contribution in [2.45, 2.75) is 0 Å². The third kappa shape index (κ3) is 3.65. The molecule has 0 unspecified atom stereocenters. The van der Waals surface area contributed by atoms with Crippen molar-refractivity contribution < 1.29 is 4.74 Å². The molecule has 0 amide bonds. The Morgan fingerprint density at radius 2 is 1.19 bits per heavy atom. The maximum absolute atomic E-state index is 6.14. The zero-order valence-electron chi connectivity index (χ0n) is 16.5. The molecule has 0 spiro atoms. The Hall–Kier alpha value is -4.38. The molecule has 4 aromatic rings. The molecule has 0 saturated carbocycles. The Morgan fingerprint density at radius 3 is 1.90 bits per heavy atom. The van der Waals surface area contributed by atoms with Crippen LogP contribution in [0.5, 0.6) is 5.75 Å². The van der Waals surface area contributed by atoms with Gasteiger partial charge in [0, 0.05) is 28.1 Å². The fourth-order valence-electron chi connectivity index (χ4n) is 3.69. The second kappa shape index (κ2) is 7.15. The van der Waals surface area contributed by atoms with Crippen molar-refractivity contribution in [3.63, 3.8) is 0 Å². The normalized spacial score (nSPS) is 12.6. The largest absolute Gasteiger partial charge is 0.455 e. The van der Waals surface area contributed by atoms with Crippen LogP contribution in [0, 0.1) is 0 Å². The number of aromatic amines is 2. The molecule has 0 atom stereocenters. The van der Waals surface area contributed by atoms with Crippen molar-refractivity contribution in [2.75, 3.05) is 0 Å². The summed E-state index contributed by atoms with van der Waals surface area (Å²) in [6.07, 6.45) is 5.94. The van der Waals surface area contributed by atoms with Gasteiger partial charge in [0.25, 0.3) is 0 Å². The minimum atomic E-state index is 0.697. The summed E-state index contributed by atoms with van der Waals surface area (Å²) < 4.78 is 6.14. The highest BCUT2D eigenvalue weighted by atomic mass is 16.5. The summed E-state index contributed by atoms with van der Waals surface area (Å²) in [5.74, 6) is 1.47. The number of para-hydroxylation sites is 1. The van der Waals surface area contributed by atoms with Crippen LogP contribution in [0.25, 0.3) is 46.1 Å². The molecule has 0 aliphatic carbocycles. The van der Waals surface area contributed by atoms with E-state index in [4.69, 9.17) is 14.7 Å². The molecule has 31 heavy (non-hydrogen) atoms. The van der Waals surface area contributed by atoms with Gasteiger partial charge in [-0.1, -0.05) is 18.2 Å². The minimum absolute atomic E-state index is 0.697. The first-order chi connectivity index (χ1) is 15.3. The summed E-state index contributed by atoms with van der Waals surface area (Å²) in [6.45, 7) is 0. The topological polar surface area (TPSA) is 66.6 Å². The highest BCUT2D eigenvalue weighted by molar-refractivity contribution is 5.82. The van der Waals surface area contributed by atoms with Crippen molar-refractivity contribution in [2.24, 2.45) is 0 Å². The minimum Gasteiger partial charge on any atom is -0.455 e. The molecule has 2 aliphatic heterocycles. The Bertz CT molecular complexity index is 1510. The summed E-state index contributed by atoms with van der Waals surface area (Å²) in [6, 6.07) is 26.0. The van der Waals surface area contributed by atoms with Gasteiger partial charge in [-0.25, -0.2) is 9.97 Å². The number of H-pyrrole nitrogens is 2. The molecule has 2 aliphatic rings. The zero-order valence-corrected chi connectivity index (χ0v) is 16.5. The van der Waals surface area contributed by atoms with Gasteiger partial charge in [-0.15, -0.1) is 0 Å². The van der Waals surface area contributed by atoms with Crippen molar-refractivity contribution >= 4 is 46.1 Å². The molecule has 5 nitrogen and oxygen atoms in total. The molecule has 0 radical (unpaired) electrons. The molecule has 1 aromatic carbocycles. The predicted octanol–water partition coefficient (Wildman–Crippen LogP) is 6.06. The van der Waals surface area contributed by atoms with E-state index in [1.54, 1.807) is 0 Å². The first-order valence-corrected chi connectivity index (χ1v) is 10.1. The number of nitrogens with one attached hydrogen (secondary N) is 2. The van der Waals surface area contributed by atoms with Gasteiger partial charge in [0.1, 0.15) is 11.4 Å². The first-order valence-electron chi connectivity index (χ1n) is 10.1. The van der Waals surface area contributed by atoms with Crippen LogP contribution in [-0.4, -0.2) is 19.9 Å². The van der Waals surface area contributed by atoms with Gasteiger partial charge in [0.05, 0.1) is 17.1 Å². The summed E-state index contributed by atoms with van der Waals surface area (Å²) >= 11 is 0. The molecular formula is C26H18N4O. The van der Waals surface area contributed by atoms with Crippen LogP contribution in [0.3, 0.4) is 0 Å². The van der Waals surface area contributed by atoms with E-state index in [9.17, 15) is 0 Å². The summed E-state index contributed by atoms with van der Waals surface area (Å²) in [7, 11) is 0. The van der Waals surface area contributed by atoms with E-state index in [0.717, 1.165) is 50.6 Å². The Balaban J connectivity index is 1.57. The van der Waals surface area contributed by atoms with Crippen LogP contribution in [-0.2, 0) is 0 Å². The molecule has 6 rings (SSSR count). The third-order valence-corrected chi connectivity index (χ3v) is 5.10. The molecule has 8 bridgehead atoms. The predicted molar refractivity (Wildman–Crippen MR) is 125 cm³/mol. The van der Waals surface area contributed by atoms with Crippen LogP contribution >= 0.6 is 0 Å². The molecule has 0 saturated heterocycles. The van der Waals surface area contributed by atoms with E-state index in [2.05, 4.69) is 34.2 Å². The van der Waals surface area contributed by atoms with Gasteiger partial charge in [-0.05, 0) is 72.8 Å². The standard InChI is InChI=1S/C26H18N4O/c1-2-4-24(5-3-1)31-26-16-23-14-21-9-8-19(28-21)12-17-6-7-18(27-17)13-20-10-11-22(29-20)15-25(26)30-23/h1-16,27-28H. The van der Waals surface area contributed by atoms with E-state index in [-0.39, 0.29) is 0 Å². The Morgan fingerprint density at radius 1 is 0.581 bits per heavy atom. The number of ether oxygens (including phenoxy) is 1. The Kier molecular flexibility index (Phi) is 4.03. The molecule has 5 heteroatoms. The third-order valence-electron chi connectivity index (χ3n) is 5.10. The average Bonchev–Trinajstić information content (AvgIpc) is 3.55. The Labute approximate surface area is 178 Å². The lowest BCUT2D eigenvalue weighted by atomic mass is 10.3. The smallest absolute Gasteiger partial charge is 0.155 e. The van der Waals surface area contributed by atoms with Crippen LogP contribution in [0.4, 0.5) is 0 Å². The number of aromatic nitrogens is 4. The van der Waals surface area contributed by atoms with Gasteiger partial charge >= 0.3 is 0 Å². The van der Waals surface area contributed by atoms with E-state index in [0.29, 0.717) is 5.76 Å². The monoisotopic (exact) mass is 402 g/mol. The molecule has 2 N–H and O–H groups in total. The number of fused-ring (bicyclic) bond motifs is 8. The van der Waals surface area contributed by atoms with Crippen molar-refractivity contribution in [1.29, 1.82) is 0 Å². The molecule has 148 valence electrons. The second-order valence-corrected chi connectivity index (χ2v) is 7.46. The van der Waals surface area contributed by atoms with Crippen LogP contribution in [0.2, 0.25) is 0 Å². The quantitative estimate of drug-likeness (QED) is 0.377. The van der Waals surface area contributed by atoms with Crippen LogP contribution < -0.4 is 4.74 Å². The molecular weight excluding hydrogens is 384 g/mol. The van der Waals surface area contributed by atoms with Crippen LogP contribution in [0.15, 0.2) is 78.9 Å². The fourth-order valence-corrected chi connectivity index (χ4v) is 3.69. The van der Waals surface area contributed by atoms with E-state index in [1.807, 2.05) is 72.8 Å². The zero-order chi connectivity index (χ0) is 20.6. The van der Waals surface area contributed by atoms with Crippen molar-refractivity contribution in [3.05, 3.63) is 102 Å².